The lowest BCUT2D eigenvalue weighted by molar-refractivity contribution is -0.214. The van der Waals surface area contributed by atoms with Crippen molar-refractivity contribution in [2.75, 3.05) is 23.8 Å². The summed E-state index contributed by atoms with van der Waals surface area (Å²) in [5.41, 5.74) is 1.13. The van der Waals surface area contributed by atoms with Gasteiger partial charge in [0.25, 0.3) is 0 Å². The zero-order chi connectivity index (χ0) is 28.7. The second kappa shape index (κ2) is 11.1. The lowest BCUT2D eigenvalue weighted by Crippen LogP contribution is -2.40. The van der Waals surface area contributed by atoms with Crippen LogP contribution in [0.2, 0.25) is 0 Å². The molecule has 1 fully saturated rings. The maximum absolute atomic E-state index is 13.4. The minimum absolute atomic E-state index is 0.0706. The van der Waals surface area contributed by atoms with Crippen molar-refractivity contribution in [3.63, 3.8) is 0 Å². The molecule has 3 heterocycles. The van der Waals surface area contributed by atoms with Crippen molar-refractivity contribution in [3.05, 3.63) is 23.7 Å². The molecule has 4 rings (SSSR count). The van der Waals surface area contributed by atoms with E-state index in [1.807, 2.05) is 13.0 Å². The molecule has 1 aliphatic carbocycles. The summed E-state index contributed by atoms with van der Waals surface area (Å²) in [5.74, 6) is -0.468. The Morgan fingerprint density at radius 3 is 2.44 bits per heavy atom. The van der Waals surface area contributed by atoms with Crippen molar-refractivity contribution in [1.82, 2.24) is 19.9 Å². The number of nitrogens with one attached hydrogen (secondary N) is 2. The highest BCUT2D eigenvalue weighted by molar-refractivity contribution is 7.21. The van der Waals surface area contributed by atoms with Crippen molar-refractivity contribution in [3.8, 4) is 10.6 Å². The molecule has 0 aromatic carbocycles. The highest BCUT2D eigenvalue weighted by Gasteiger charge is 2.48. The average molecular weight is 571 g/mol. The molecule has 10 nitrogen and oxygen atoms in total. The number of ether oxygens (including phenoxy) is 1. The van der Waals surface area contributed by atoms with Gasteiger partial charge in [0.2, 0.25) is 5.95 Å². The molecule has 3 aromatic rings. The molecule has 0 spiro atoms. The molecule has 1 aliphatic rings. The Balaban J connectivity index is 1.73. The van der Waals surface area contributed by atoms with Gasteiger partial charge in [0, 0.05) is 18.7 Å². The number of anilines is 2. The highest BCUT2D eigenvalue weighted by atomic mass is 32.1. The summed E-state index contributed by atoms with van der Waals surface area (Å²) in [6, 6.07) is 1.13. The monoisotopic (exact) mass is 570 g/mol. The van der Waals surface area contributed by atoms with Gasteiger partial charge in [-0.1, -0.05) is 0 Å². The van der Waals surface area contributed by atoms with E-state index in [2.05, 4.69) is 25.6 Å². The maximum atomic E-state index is 13.4. The molecule has 0 saturated heterocycles. The van der Waals surface area contributed by atoms with Crippen molar-refractivity contribution >= 4 is 33.3 Å². The molecule has 39 heavy (non-hydrogen) atoms. The van der Waals surface area contributed by atoms with Crippen LogP contribution in [0.3, 0.4) is 0 Å². The van der Waals surface area contributed by atoms with Crippen LogP contribution in [0.15, 0.2) is 12.3 Å². The number of fused-ring (bicyclic) bond motifs is 1. The molecule has 3 aromatic heterocycles. The van der Waals surface area contributed by atoms with Gasteiger partial charge in [-0.15, -0.1) is 11.3 Å². The van der Waals surface area contributed by atoms with E-state index >= 15 is 0 Å². The summed E-state index contributed by atoms with van der Waals surface area (Å²) in [4.78, 5) is 17.9. The molecule has 214 valence electrons. The summed E-state index contributed by atoms with van der Waals surface area (Å²) in [6.45, 7) is 7.41. The lowest BCUT2D eigenvalue weighted by Gasteiger charge is -2.28. The van der Waals surface area contributed by atoms with Gasteiger partial charge in [0.05, 0.1) is 45.9 Å². The Hall–Kier alpha value is -2.65. The molecular formula is C25H33F3N6O4S. The number of aliphatic hydroxyl groups excluding tert-OH is 2. The van der Waals surface area contributed by atoms with Gasteiger partial charge in [0.1, 0.15) is 22.4 Å². The first-order valence-electron chi connectivity index (χ1n) is 12.6. The Kier molecular flexibility index (Phi) is 8.34. The van der Waals surface area contributed by atoms with E-state index in [1.54, 1.807) is 27.0 Å². The third-order valence-corrected chi connectivity index (χ3v) is 7.92. The number of hydrogen-bond acceptors (Lipinski definition) is 11. The zero-order valence-electron chi connectivity index (χ0n) is 22.2. The Morgan fingerprint density at radius 2 is 1.85 bits per heavy atom. The number of hydrogen-bond donors (Lipinski definition) is 5. The summed E-state index contributed by atoms with van der Waals surface area (Å²) in [5, 5.41) is 38.2. The smallest absolute Gasteiger partial charge is 0.390 e. The molecule has 5 atom stereocenters. The maximum Gasteiger partial charge on any atom is 0.416 e. The minimum atomic E-state index is -4.58. The van der Waals surface area contributed by atoms with Gasteiger partial charge >= 0.3 is 6.18 Å². The third kappa shape index (κ3) is 6.24. The van der Waals surface area contributed by atoms with Crippen LogP contribution in [-0.2, 0) is 4.74 Å². The third-order valence-electron chi connectivity index (χ3n) is 6.88. The Bertz CT molecular complexity index is 1320. The molecule has 14 heteroatoms. The fraction of sp³-hybridized carbons (Fsp3) is 0.600. The van der Waals surface area contributed by atoms with Gasteiger partial charge in [-0.25, -0.2) is 9.97 Å². The van der Waals surface area contributed by atoms with Crippen LogP contribution in [-0.4, -0.2) is 84.5 Å². The number of thiazole rings is 1. The van der Waals surface area contributed by atoms with Crippen LogP contribution < -0.4 is 10.6 Å². The van der Waals surface area contributed by atoms with Gasteiger partial charge < -0.3 is 30.7 Å². The van der Waals surface area contributed by atoms with E-state index < -0.39 is 48.6 Å². The predicted octanol–water partition coefficient (Wildman–Crippen LogP) is 3.44. The van der Waals surface area contributed by atoms with Crippen LogP contribution in [0.25, 0.3) is 20.8 Å². The van der Waals surface area contributed by atoms with Crippen LogP contribution in [0.4, 0.5) is 24.9 Å². The van der Waals surface area contributed by atoms with Crippen molar-refractivity contribution in [1.29, 1.82) is 0 Å². The first kappa shape index (κ1) is 29.3. The second-order valence-electron chi connectivity index (χ2n) is 10.2. The Labute approximate surface area is 227 Å². The SMILES string of the molecule is CCO[C@@H](CNc1nc(C)c(-c2nc3c(C)nccc3s2)c(N[C@@H]2C[C@H](C(C)(C)O)[C@@H](O)[C@H]2O)n1)C(F)(F)F. The molecule has 0 radical (unpaired) electrons. The number of aliphatic hydroxyl groups is 3. The van der Waals surface area contributed by atoms with Crippen molar-refractivity contribution in [2.24, 2.45) is 5.92 Å². The van der Waals surface area contributed by atoms with Crippen LogP contribution in [0.1, 0.15) is 38.6 Å². The number of nitrogens with zero attached hydrogens (tertiary/aromatic N) is 4. The molecule has 0 unspecified atom stereocenters. The second-order valence-corrected chi connectivity index (χ2v) is 11.2. The van der Waals surface area contributed by atoms with Crippen LogP contribution >= 0.6 is 11.3 Å². The first-order chi connectivity index (χ1) is 18.2. The summed E-state index contributed by atoms with van der Waals surface area (Å²) < 4.78 is 45.8. The normalized spacial score (nSPS) is 22.8. The molecular weight excluding hydrogens is 537 g/mol. The van der Waals surface area contributed by atoms with E-state index in [0.717, 1.165) is 10.4 Å². The highest BCUT2D eigenvalue weighted by Crippen LogP contribution is 2.40. The molecule has 0 amide bonds. The summed E-state index contributed by atoms with van der Waals surface area (Å²) in [6.07, 6.45) is -7.15. The summed E-state index contributed by atoms with van der Waals surface area (Å²) in [7, 11) is 0. The Morgan fingerprint density at radius 1 is 1.13 bits per heavy atom. The molecule has 1 saturated carbocycles. The van der Waals surface area contributed by atoms with E-state index in [0.29, 0.717) is 21.8 Å². The quantitative estimate of drug-likeness (QED) is 0.259. The molecule has 0 aliphatic heterocycles. The average Bonchev–Trinajstić information content (AvgIpc) is 3.38. The zero-order valence-corrected chi connectivity index (χ0v) is 23.1. The van der Waals surface area contributed by atoms with Gasteiger partial charge in [-0.05, 0) is 47.1 Å². The topological polar surface area (TPSA) is 146 Å². The van der Waals surface area contributed by atoms with Gasteiger partial charge in [-0.2, -0.15) is 18.2 Å². The van der Waals surface area contributed by atoms with Gasteiger partial charge in [0.15, 0.2) is 6.10 Å². The number of halogens is 3. The number of aryl methyl sites for hydroxylation is 2. The van der Waals surface area contributed by atoms with Crippen LogP contribution in [0.5, 0.6) is 0 Å². The fourth-order valence-electron chi connectivity index (χ4n) is 4.81. The first-order valence-corrected chi connectivity index (χ1v) is 13.4. The minimum Gasteiger partial charge on any atom is -0.390 e. The van der Waals surface area contributed by atoms with E-state index in [-0.39, 0.29) is 24.8 Å². The predicted molar refractivity (Wildman–Crippen MR) is 142 cm³/mol. The van der Waals surface area contributed by atoms with Crippen molar-refractivity contribution in [2.45, 2.75) is 77.2 Å². The van der Waals surface area contributed by atoms with E-state index in [1.165, 1.54) is 18.3 Å². The van der Waals surface area contributed by atoms with Crippen molar-refractivity contribution < 1.29 is 33.2 Å². The molecule has 5 N–H and O–H groups in total. The number of rotatable bonds is 9. The standard InChI is InChI=1S/C25H33F3N6O4S/c1-6-38-16(25(26,27)28)10-30-23-31-11(2)17(22-33-18-12(3)29-8-7-15(18)39-22)21(34-23)32-14-9-13(24(4,5)37)19(35)20(14)36/h7-8,13-14,16,19-20,35-37H,6,9-10H2,1-5H3,(H2,30,31,32,34)/t13-,14+,16-,19+,20-/m0/s1. The largest absolute Gasteiger partial charge is 0.416 e. The summed E-state index contributed by atoms with van der Waals surface area (Å²) >= 11 is 1.38. The number of aromatic nitrogens is 4. The van der Waals surface area contributed by atoms with Gasteiger partial charge in [-0.3, -0.25) is 4.98 Å². The lowest BCUT2D eigenvalue weighted by atomic mass is 9.88. The van der Waals surface area contributed by atoms with Crippen LogP contribution in [0, 0.1) is 19.8 Å². The number of alkyl halides is 3. The molecule has 0 bridgehead atoms. The fourth-order valence-corrected chi connectivity index (χ4v) is 5.92. The van der Waals surface area contributed by atoms with E-state index in [9.17, 15) is 28.5 Å². The number of pyridine rings is 1. The van der Waals surface area contributed by atoms with E-state index in [4.69, 9.17) is 9.72 Å².